The van der Waals surface area contributed by atoms with E-state index < -0.39 is 0 Å². The maximum Gasteiger partial charge on any atom is 0.122 e. The van der Waals surface area contributed by atoms with Gasteiger partial charge in [0.15, 0.2) is 0 Å². The van der Waals surface area contributed by atoms with Gasteiger partial charge in [0, 0.05) is 12.1 Å². The molecule has 0 amide bonds. The van der Waals surface area contributed by atoms with E-state index in [9.17, 15) is 5.11 Å². The highest BCUT2D eigenvalue weighted by Crippen LogP contribution is 2.49. The number of ether oxygens (including phenoxy) is 1. The van der Waals surface area contributed by atoms with E-state index in [0.29, 0.717) is 18.0 Å². The number of aliphatic hydroxyl groups excluding tert-OH is 1. The van der Waals surface area contributed by atoms with Gasteiger partial charge >= 0.3 is 0 Å². The van der Waals surface area contributed by atoms with Crippen molar-refractivity contribution in [3.63, 3.8) is 0 Å². The fourth-order valence-electron chi connectivity index (χ4n) is 4.32. The lowest BCUT2D eigenvalue weighted by molar-refractivity contribution is -0.132. The Morgan fingerprint density at radius 3 is 2.52 bits per heavy atom. The first kappa shape index (κ1) is 17.1. The zero-order valence-electron chi connectivity index (χ0n) is 14.7. The van der Waals surface area contributed by atoms with Crippen molar-refractivity contribution in [3.8, 4) is 5.75 Å². The highest BCUT2D eigenvalue weighted by atomic mass is 32.2. The van der Waals surface area contributed by atoms with E-state index >= 15 is 0 Å². The van der Waals surface area contributed by atoms with Gasteiger partial charge < -0.3 is 9.84 Å². The smallest absolute Gasteiger partial charge is 0.122 e. The second-order valence-electron chi connectivity index (χ2n) is 7.29. The largest absolute Gasteiger partial charge is 0.497 e. The number of hydrogen-bond acceptors (Lipinski definition) is 4. The van der Waals surface area contributed by atoms with E-state index in [1.54, 1.807) is 18.9 Å². The van der Waals surface area contributed by atoms with Gasteiger partial charge in [-0.05, 0) is 62.5 Å². The summed E-state index contributed by atoms with van der Waals surface area (Å²) < 4.78 is 5.21. The summed E-state index contributed by atoms with van der Waals surface area (Å²) >= 11 is 1.80. The Kier molecular flexibility index (Phi) is 4.96. The summed E-state index contributed by atoms with van der Waals surface area (Å²) in [6.07, 6.45) is 6.37. The maximum atomic E-state index is 11.2. The van der Waals surface area contributed by atoms with Crippen molar-refractivity contribution in [3.05, 3.63) is 29.8 Å². The number of methoxy groups -OCH3 is 1. The van der Waals surface area contributed by atoms with Crippen molar-refractivity contribution < 1.29 is 9.84 Å². The number of hydrogen-bond donors (Lipinski definition) is 1. The molecule has 128 valence electrons. The van der Waals surface area contributed by atoms with Crippen LogP contribution in [0.3, 0.4) is 0 Å². The molecule has 1 unspecified atom stereocenters. The van der Waals surface area contributed by atoms with E-state index in [4.69, 9.17) is 4.74 Å². The van der Waals surface area contributed by atoms with Crippen LogP contribution in [0.2, 0.25) is 0 Å². The first-order valence-corrected chi connectivity index (χ1v) is 9.87. The Labute approximate surface area is 144 Å². The van der Waals surface area contributed by atoms with Gasteiger partial charge in [0.1, 0.15) is 12.0 Å². The molecule has 2 heterocycles. The zero-order valence-corrected chi connectivity index (χ0v) is 15.5. The van der Waals surface area contributed by atoms with Crippen molar-refractivity contribution in [2.24, 2.45) is 5.92 Å². The van der Waals surface area contributed by atoms with Gasteiger partial charge in [-0.15, -0.1) is 0 Å². The average Bonchev–Trinajstić information content (AvgIpc) is 2.59. The monoisotopic (exact) mass is 335 g/mol. The lowest BCUT2D eigenvalue weighted by Gasteiger charge is -2.56. The Morgan fingerprint density at radius 1 is 1.22 bits per heavy atom. The Balaban J connectivity index is 1.92. The third-order valence-corrected chi connectivity index (χ3v) is 7.37. The lowest BCUT2D eigenvalue weighted by Crippen LogP contribution is -2.61. The number of nitrogens with zero attached hydrogens (tertiary/aromatic N) is 1. The first-order valence-electron chi connectivity index (χ1n) is 8.65. The van der Waals surface area contributed by atoms with Crippen LogP contribution < -0.4 is 4.74 Å². The SMILES string of the molecule is COc1ccc([C@@H]2CC[C@@H](C)[C@H]3CC[C@](C)(SC)C(O)N32)cc1. The molecular formula is C19H29NO2S. The Morgan fingerprint density at radius 2 is 1.91 bits per heavy atom. The molecule has 0 radical (unpaired) electrons. The van der Waals surface area contributed by atoms with Gasteiger partial charge in [0.25, 0.3) is 0 Å². The van der Waals surface area contributed by atoms with Crippen LogP contribution in [0, 0.1) is 5.92 Å². The van der Waals surface area contributed by atoms with Gasteiger partial charge in [0.2, 0.25) is 0 Å². The molecule has 2 aliphatic heterocycles. The molecule has 23 heavy (non-hydrogen) atoms. The van der Waals surface area contributed by atoms with Crippen molar-refractivity contribution in [2.45, 2.75) is 62.6 Å². The van der Waals surface area contributed by atoms with Crippen molar-refractivity contribution >= 4 is 11.8 Å². The van der Waals surface area contributed by atoms with E-state index in [0.717, 1.165) is 18.6 Å². The average molecular weight is 336 g/mol. The third-order valence-electron chi connectivity index (χ3n) is 6.03. The quantitative estimate of drug-likeness (QED) is 0.902. The molecule has 4 heteroatoms. The highest BCUT2D eigenvalue weighted by Gasteiger charge is 2.49. The van der Waals surface area contributed by atoms with E-state index in [-0.39, 0.29) is 11.0 Å². The van der Waals surface area contributed by atoms with Crippen LogP contribution >= 0.6 is 11.8 Å². The van der Waals surface area contributed by atoms with Crippen molar-refractivity contribution in [1.29, 1.82) is 0 Å². The Bertz CT molecular complexity index is 535. The zero-order chi connectivity index (χ0) is 16.6. The summed E-state index contributed by atoms with van der Waals surface area (Å²) in [6, 6.07) is 9.19. The summed E-state index contributed by atoms with van der Waals surface area (Å²) in [5.41, 5.74) is 1.30. The minimum absolute atomic E-state index is 0.0712. The topological polar surface area (TPSA) is 32.7 Å². The second-order valence-corrected chi connectivity index (χ2v) is 8.63. The van der Waals surface area contributed by atoms with Gasteiger partial charge in [-0.3, -0.25) is 4.90 Å². The molecule has 2 aliphatic rings. The molecule has 5 atom stereocenters. The van der Waals surface area contributed by atoms with Crippen LogP contribution in [-0.4, -0.2) is 40.4 Å². The molecule has 0 saturated carbocycles. The second kappa shape index (κ2) is 6.66. The molecule has 3 rings (SSSR count). The molecule has 3 nitrogen and oxygen atoms in total. The number of piperidine rings is 2. The minimum Gasteiger partial charge on any atom is -0.497 e. The van der Waals surface area contributed by atoms with Crippen molar-refractivity contribution in [1.82, 2.24) is 4.90 Å². The fraction of sp³-hybridized carbons (Fsp3) is 0.684. The summed E-state index contributed by atoms with van der Waals surface area (Å²) in [6.45, 7) is 4.55. The number of benzene rings is 1. The van der Waals surface area contributed by atoms with Crippen LogP contribution in [0.1, 0.15) is 51.1 Å². The van der Waals surface area contributed by atoms with E-state index in [2.05, 4.69) is 37.1 Å². The molecule has 1 aromatic carbocycles. The van der Waals surface area contributed by atoms with Crippen LogP contribution in [0.25, 0.3) is 0 Å². The molecule has 0 aromatic heterocycles. The van der Waals surface area contributed by atoms with Crippen LogP contribution in [0.5, 0.6) is 5.75 Å². The molecule has 0 aliphatic carbocycles. The Hall–Kier alpha value is -0.710. The number of thioether (sulfide) groups is 1. The number of fused-ring (bicyclic) bond motifs is 1. The molecule has 2 fully saturated rings. The molecule has 1 N–H and O–H groups in total. The fourth-order valence-corrected chi connectivity index (χ4v) is 4.98. The van der Waals surface area contributed by atoms with Gasteiger partial charge in [0.05, 0.1) is 11.9 Å². The van der Waals surface area contributed by atoms with Gasteiger partial charge in [-0.25, -0.2) is 0 Å². The molecule has 1 aromatic rings. The standard InChI is InChI=1S/C19H29NO2S/c1-13-5-10-17(14-6-8-15(22-3)9-7-14)20-16(13)11-12-19(2,23-4)18(20)21/h6-9,13,16-18,21H,5,10-12H2,1-4H3/t13-,16-,17+,18?,19+/m1/s1. The number of aliphatic hydroxyl groups is 1. The van der Waals surface area contributed by atoms with Crippen LogP contribution in [-0.2, 0) is 0 Å². The summed E-state index contributed by atoms with van der Waals surface area (Å²) in [5.74, 6) is 1.55. The van der Waals surface area contributed by atoms with Crippen LogP contribution in [0.15, 0.2) is 24.3 Å². The predicted octanol–water partition coefficient (Wildman–Crippen LogP) is 4.07. The van der Waals surface area contributed by atoms with Gasteiger partial charge in [-0.2, -0.15) is 11.8 Å². The molecule has 0 spiro atoms. The summed E-state index contributed by atoms with van der Waals surface area (Å²) in [7, 11) is 1.70. The first-order chi connectivity index (χ1) is 11.0. The summed E-state index contributed by atoms with van der Waals surface area (Å²) in [4.78, 5) is 2.41. The van der Waals surface area contributed by atoms with Crippen LogP contribution in [0.4, 0.5) is 0 Å². The molecular weight excluding hydrogens is 306 g/mol. The van der Waals surface area contributed by atoms with E-state index in [1.165, 1.54) is 18.4 Å². The minimum atomic E-state index is -0.383. The highest BCUT2D eigenvalue weighted by molar-refractivity contribution is 8.00. The predicted molar refractivity (Wildman–Crippen MR) is 96.9 cm³/mol. The van der Waals surface area contributed by atoms with E-state index in [1.807, 2.05) is 12.1 Å². The third kappa shape index (κ3) is 3.01. The maximum absolute atomic E-state index is 11.2. The van der Waals surface area contributed by atoms with Crippen molar-refractivity contribution in [2.75, 3.05) is 13.4 Å². The van der Waals surface area contributed by atoms with Gasteiger partial charge in [-0.1, -0.05) is 19.1 Å². The molecule has 0 bridgehead atoms. The molecule has 2 saturated heterocycles. The normalized spacial score (nSPS) is 38.1. The number of rotatable bonds is 3. The summed E-state index contributed by atoms with van der Waals surface area (Å²) in [5, 5.41) is 11.2. The lowest BCUT2D eigenvalue weighted by atomic mass is 9.77.